The van der Waals surface area contributed by atoms with Crippen molar-refractivity contribution < 1.29 is 18.3 Å². The Bertz CT molecular complexity index is 1010. The van der Waals surface area contributed by atoms with E-state index in [0.717, 1.165) is 22.5 Å². The van der Waals surface area contributed by atoms with E-state index in [0.29, 0.717) is 24.7 Å². The molecule has 0 aliphatic carbocycles. The van der Waals surface area contributed by atoms with Crippen molar-refractivity contribution in [2.75, 3.05) is 12.3 Å². The number of nitrogens with zero attached hydrogens (tertiary/aromatic N) is 3. The highest BCUT2D eigenvalue weighted by atomic mass is 32.2. The number of alkyl halides is 2. The zero-order valence-electron chi connectivity index (χ0n) is 17.3. The summed E-state index contributed by atoms with van der Waals surface area (Å²) in [6.07, 6.45) is 0.591. The van der Waals surface area contributed by atoms with E-state index < -0.39 is 6.61 Å². The van der Waals surface area contributed by atoms with Crippen LogP contribution in [0.3, 0.4) is 0 Å². The van der Waals surface area contributed by atoms with Gasteiger partial charge in [0.2, 0.25) is 5.91 Å². The molecule has 1 amide bonds. The van der Waals surface area contributed by atoms with Crippen LogP contribution in [-0.2, 0) is 17.8 Å². The maximum Gasteiger partial charge on any atom is 0.387 e. The van der Waals surface area contributed by atoms with Crippen LogP contribution in [0.15, 0.2) is 53.7 Å². The van der Waals surface area contributed by atoms with Gasteiger partial charge in [-0.25, -0.2) is 0 Å². The van der Waals surface area contributed by atoms with Gasteiger partial charge >= 0.3 is 6.61 Å². The predicted molar refractivity (Wildman–Crippen MR) is 116 cm³/mol. The van der Waals surface area contributed by atoms with Gasteiger partial charge in [0.05, 0.1) is 5.75 Å². The number of rotatable bonds is 10. The number of ether oxygens (including phenoxy) is 1. The van der Waals surface area contributed by atoms with Gasteiger partial charge in [-0.2, -0.15) is 8.78 Å². The first kappa shape index (κ1) is 22.7. The van der Waals surface area contributed by atoms with E-state index in [-0.39, 0.29) is 17.4 Å². The molecule has 0 saturated heterocycles. The first-order chi connectivity index (χ1) is 15.0. The molecule has 0 spiro atoms. The minimum Gasteiger partial charge on any atom is -0.435 e. The van der Waals surface area contributed by atoms with E-state index in [1.54, 1.807) is 12.1 Å². The largest absolute Gasteiger partial charge is 0.435 e. The molecule has 2 aromatic carbocycles. The van der Waals surface area contributed by atoms with Crippen LogP contribution < -0.4 is 10.1 Å². The number of carbonyl (C=O) groups excluding carboxylic acids is 1. The lowest BCUT2D eigenvalue weighted by atomic mass is 10.1. The van der Waals surface area contributed by atoms with Gasteiger partial charge in [-0.1, -0.05) is 47.7 Å². The van der Waals surface area contributed by atoms with E-state index in [1.165, 1.54) is 23.9 Å². The molecule has 0 aliphatic heterocycles. The summed E-state index contributed by atoms with van der Waals surface area (Å²) in [6, 6.07) is 14.5. The highest BCUT2D eigenvalue weighted by Gasteiger charge is 2.14. The van der Waals surface area contributed by atoms with Crippen LogP contribution >= 0.6 is 11.8 Å². The lowest BCUT2D eigenvalue weighted by molar-refractivity contribution is -0.118. The lowest BCUT2D eigenvalue weighted by Crippen LogP contribution is -2.27. The first-order valence-electron chi connectivity index (χ1n) is 9.89. The summed E-state index contributed by atoms with van der Waals surface area (Å²) in [6.45, 7) is 2.36. The Morgan fingerprint density at radius 2 is 1.97 bits per heavy atom. The molecule has 31 heavy (non-hydrogen) atoms. The molecule has 0 radical (unpaired) electrons. The van der Waals surface area contributed by atoms with E-state index in [9.17, 15) is 13.6 Å². The van der Waals surface area contributed by atoms with Gasteiger partial charge in [0.25, 0.3) is 0 Å². The average Bonchev–Trinajstić information content (AvgIpc) is 3.16. The molecule has 1 N–H and O–H groups in total. The van der Waals surface area contributed by atoms with Gasteiger partial charge in [-0.15, -0.1) is 10.2 Å². The number of nitrogens with one attached hydrogen (secondary N) is 1. The van der Waals surface area contributed by atoms with Gasteiger partial charge in [0, 0.05) is 18.7 Å². The van der Waals surface area contributed by atoms with Crippen LogP contribution in [0.4, 0.5) is 8.78 Å². The molecule has 0 fully saturated rings. The van der Waals surface area contributed by atoms with Crippen LogP contribution in [0.25, 0.3) is 11.4 Å². The molecule has 0 atom stereocenters. The second-order valence-corrected chi connectivity index (χ2v) is 7.77. The number of carbonyl (C=O) groups is 1. The van der Waals surface area contributed by atoms with Crippen molar-refractivity contribution in [1.29, 1.82) is 0 Å². The van der Waals surface area contributed by atoms with Crippen LogP contribution in [0.2, 0.25) is 0 Å². The van der Waals surface area contributed by atoms with Crippen LogP contribution in [-0.4, -0.2) is 39.6 Å². The van der Waals surface area contributed by atoms with Crippen molar-refractivity contribution in [1.82, 2.24) is 20.1 Å². The fraction of sp³-hybridized carbons (Fsp3) is 0.318. The Morgan fingerprint density at radius 1 is 1.19 bits per heavy atom. The fourth-order valence-corrected chi connectivity index (χ4v) is 3.88. The molecule has 0 aliphatic rings. The number of thioether (sulfide) groups is 1. The van der Waals surface area contributed by atoms with E-state index in [4.69, 9.17) is 0 Å². The Morgan fingerprint density at radius 3 is 2.65 bits per heavy atom. The molecule has 0 unspecified atom stereocenters. The number of amides is 1. The van der Waals surface area contributed by atoms with Crippen molar-refractivity contribution in [3.8, 4) is 17.1 Å². The Labute approximate surface area is 184 Å². The van der Waals surface area contributed by atoms with Gasteiger partial charge in [-0.3, -0.25) is 4.79 Å². The van der Waals surface area contributed by atoms with Crippen molar-refractivity contribution >= 4 is 17.7 Å². The molecular weight excluding hydrogens is 422 g/mol. The monoisotopic (exact) mass is 446 g/mol. The summed E-state index contributed by atoms with van der Waals surface area (Å²) in [4.78, 5) is 12.2. The SMILES string of the molecule is CCn1c(SCC(=O)NCCc2ccc(OC(F)F)cc2)nnc1-c1cccc(C)c1. The zero-order valence-corrected chi connectivity index (χ0v) is 18.2. The average molecular weight is 447 g/mol. The third kappa shape index (κ3) is 6.52. The van der Waals surface area contributed by atoms with Gasteiger partial charge in [0.1, 0.15) is 5.75 Å². The second-order valence-electron chi connectivity index (χ2n) is 6.83. The molecule has 6 nitrogen and oxygen atoms in total. The predicted octanol–water partition coefficient (Wildman–Crippen LogP) is 4.33. The van der Waals surface area contributed by atoms with Gasteiger partial charge in [0.15, 0.2) is 11.0 Å². The molecule has 1 heterocycles. The smallest absolute Gasteiger partial charge is 0.387 e. The molecule has 0 saturated carbocycles. The highest BCUT2D eigenvalue weighted by molar-refractivity contribution is 7.99. The topological polar surface area (TPSA) is 69.0 Å². The molecule has 3 rings (SSSR count). The number of aryl methyl sites for hydroxylation is 1. The quantitative estimate of drug-likeness (QED) is 0.470. The highest BCUT2D eigenvalue weighted by Crippen LogP contribution is 2.24. The third-order valence-corrected chi connectivity index (χ3v) is 5.49. The first-order valence-corrected chi connectivity index (χ1v) is 10.9. The summed E-state index contributed by atoms with van der Waals surface area (Å²) >= 11 is 1.34. The second kappa shape index (κ2) is 10.9. The van der Waals surface area contributed by atoms with Crippen molar-refractivity contribution in [3.05, 3.63) is 59.7 Å². The molecular formula is C22H24F2N4O2S. The van der Waals surface area contributed by atoms with Crippen molar-refractivity contribution in [2.45, 2.75) is 38.6 Å². The number of hydrogen-bond acceptors (Lipinski definition) is 5. The van der Waals surface area contributed by atoms with Crippen LogP contribution in [0, 0.1) is 6.92 Å². The number of aromatic nitrogens is 3. The summed E-state index contributed by atoms with van der Waals surface area (Å²) in [5, 5.41) is 12.1. The molecule has 3 aromatic rings. The minimum absolute atomic E-state index is 0.106. The van der Waals surface area contributed by atoms with Crippen molar-refractivity contribution in [3.63, 3.8) is 0 Å². The number of benzene rings is 2. The lowest BCUT2D eigenvalue weighted by Gasteiger charge is -2.09. The normalized spacial score (nSPS) is 11.0. The molecule has 164 valence electrons. The summed E-state index contributed by atoms with van der Waals surface area (Å²) in [5.41, 5.74) is 3.06. The molecule has 9 heteroatoms. The number of hydrogen-bond donors (Lipinski definition) is 1. The standard InChI is InChI=1S/C22H24F2N4O2S/c1-3-28-20(17-6-4-5-15(2)13-17)26-27-22(28)31-14-19(29)25-12-11-16-7-9-18(10-8-16)30-21(23)24/h4-10,13,21H,3,11-12,14H2,1-2H3,(H,25,29). The van der Waals surface area contributed by atoms with E-state index in [2.05, 4.69) is 26.3 Å². The van der Waals surface area contributed by atoms with Crippen LogP contribution in [0.1, 0.15) is 18.1 Å². The zero-order chi connectivity index (χ0) is 22.2. The van der Waals surface area contributed by atoms with E-state index in [1.807, 2.05) is 36.6 Å². The van der Waals surface area contributed by atoms with Gasteiger partial charge < -0.3 is 14.6 Å². The van der Waals surface area contributed by atoms with Crippen molar-refractivity contribution in [2.24, 2.45) is 0 Å². The fourth-order valence-electron chi connectivity index (χ4n) is 3.04. The Hall–Kier alpha value is -2.94. The summed E-state index contributed by atoms with van der Waals surface area (Å²) < 4.78 is 30.7. The molecule has 0 bridgehead atoms. The maximum absolute atomic E-state index is 12.2. The third-order valence-electron chi connectivity index (χ3n) is 4.53. The van der Waals surface area contributed by atoms with E-state index >= 15 is 0 Å². The minimum atomic E-state index is -2.84. The Balaban J connectivity index is 1.48. The molecule has 1 aromatic heterocycles. The van der Waals surface area contributed by atoms with Gasteiger partial charge in [-0.05, 0) is 44.0 Å². The summed E-state index contributed by atoms with van der Waals surface area (Å²) in [7, 11) is 0. The summed E-state index contributed by atoms with van der Waals surface area (Å²) in [5.74, 6) is 1.02. The maximum atomic E-state index is 12.2. The Kier molecular flexibility index (Phi) is 8.00. The number of halogens is 2. The van der Waals surface area contributed by atoms with Crippen LogP contribution in [0.5, 0.6) is 5.75 Å².